The topological polar surface area (TPSA) is 59.2 Å². The van der Waals surface area contributed by atoms with E-state index in [1.54, 1.807) is 23.1 Å². The van der Waals surface area contributed by atoms with Gasteiger partial charge in [0.1, 0.15) is 11.6 Å². The zero-order valence-electron chi connectivity index (χ0n) is 14.0. The predicted octanol–water partition coefficient (Wildman–Crippen LogP) is 4.18. The van der Waals surface area contributed by atoms with Crippen molar-refractivity contribution in [2.24, 2.45) is 0 Å². The lowest BCUT2D eigenvalue weighted by molar-refractivity contribution is -0.128. The zero-order chi connectivity index (χ0) is 19.0. The monoisotopic (exact) mass is 389 g/mol. The summed E-state index contributed by atoms with van der Waals surface area (Å²) in [6, 6.07) is 9.98. The fourth-order valence-corrected chi connectivity index (χ4v) is 3.32. The maximum atomic E-state index is 13.4. The molecule has 27 heavy (non-hydrogen) atoms. The molecule has 3 aromatic rings. The van der Waals surface area contributed by atoms with Crippen molar-refractivity contribution in [2.45, 2.75) is 18.9 Å². The van der Waals surface area contributed by atoms with Crippen LogP contribution in [0.15, 0.2) is 47.0 Å². The number of hydrogen-bond acceptors (Lipinski definition) is 4. The molecule has 0 saturated carbocycles. The van der Waals surface area contributed by atoms with Crippen molar-refractivity contribution in [3.63, 3.8) is 0 Å². The van der Waals surface area contributed by atoms with E-state index in [4.69, 9.17) is 16.1 Å². The molecule has 8 heteroatoms. The van der Waals surface area contributed by atoms with Gasteiger partial charge in [-0.05, 0) is 29.8 Å². The number of likely N-dealkylation sites (tertiary alicyclic amines) is 1. The number of benzene rings is 2. The van der Waals surface area contributed by atoms with Gasteiger partial charge in [-0.1, -0.05) is 35.0 Å². The summed E-state index contributed by atoms with van der Waals surface area (Å²) in [7, 11) is 0. The Bertz CT molecular complexity index is 1010. The number of hydrogen-bond donors (Lipinski definition) is 0. The van der Waals surface area contributed by atoms with Gasteiger partial charge >= 0.3 is 0 Å². The molecule has 1 atom stereocenters. The van der Waals surface area contributed by atoms with Crippen LogP contribution < -0.4 is 0 Å². The first-order chi connectivity index (χ1) is 13.0. The van der Waals surface area contributed by atoms with Gasteiger partial charge in [-0.15, -0.1) is 0 Å². The minimum Gasteiger partial charge on any atom is -0.339 e. The normalized spacial score (nSPS) is 16.9. The third-order valence-electron chi connectivity index (χ3n) is 4.46. The number of aromatic nitrogens is 2. The first-order valence-electron chi connectivity index (χ1n) is 8.31. The molecule has 4 rings (SSSR count). The van der Waals surface area contributed by atoms with Crippen molar-refractivity contribution in [2.75, 3.05) is 6.54 Å². The molecule has 0 bridgehead atoms. The molecule has 1 aromatic heterocycles. The molecular formula is C19H14ClF2N3O2. The van der Waals surface area contributed by atoms with Gasteiger partial charge in [-0.25, -0.2) is 8.78 Å². The van der Waals surface area contributed by atoms with Gasteiger partial charge in [0.15, 0.2) is 0 Å². The van der Waals surface area contributed by atoms with Gasteiger partial charge in [-0.2, -0.15) is 4.98 Å². The van der Waals surface area contributed by atoms with Gasteiger partial charge < -0.3 is 9.42 Å². The molecule has 0 N–H and O–H groups in total. The molecule has 2 aromatic carbocycles. The van der Waals surface area contributed by atoms with Crippen LogP contribution in [0.3, 0.4) is 0 Å². The highest BCUT2D eigenvalue weighted by atomic mass is 35.5. The Morgan fingerprint density at radius 1 is 1.19 bits per heavy atom. The van der Waals surface area contributed by atoms with E-state index in [9.17, 15) is 13.6 Å². The molecule has 1 fully saturated rings. The lowest BCUT2D eigenvalue weighted by Gasteiger charge is -2.17. The van der Waals surface area contributed by atoms with Crippen LogP contribution in [-0.2, 0) is 11.3 Å². The summed E-state index contributed by atoms with van der Waals surface area (Å²) in [5.41, 5.74) is 1.17. The molecule has 1 aliphatic heterocycles. The zero-order valence-corrected chi connectivity index (χ0v) is 14.8. The molecule has 1 amide bonds. The van der Waals surface area contributed by atoms with E-state index in [1.807, 2.05) is 0 Å². The fraction of sp³-hybridized carbons (Fsp3) is 0.211. The standard InChI is InChI=1S/C19H14ClF2N3O2/c20-16-8-15(22)5-4-12(16)9-25-10-13(7-17(25)26)19-23-18(24-27-19)11-2-1-3-14(21)6-11/h1-6,8,13H,7,9-10H2. The van der Waals surface area contributed by atoms with Crippen LogP contribution in [0.5, 0.6) is 0 Å². The quantitative estimate of drug-likeness (QED) is 0.671. The van der Waals surface area contributed by atoms with E-state index in [0.29, 0.717) is 23.6 Å². The van der Waals surface area contributed by atoms with Gasteiger partial charge in [-0.3, -0.25) is 4.79 Å². The first kappa shape index (κ1) is 17.6. The fourth-order valence-electron chi connectivity index (χ4n) is 3.09. The highest BCUT2D eigenvalue weighted by Crippen LogP contribution is 2.30. The van der Waals surface area contributed by atoms with Gasteiger partial charge in [0, 0.05) is 30.1 Å². The second-order valence-corrected chi connectivity index (χ2v) is 6.78. The Labute approximate surface area is 158 Å². The second-order valence-electron chi connectivity index (χ2n) is 6.38. The largest absolute Gasteiger partial charge is 0.339 e. The molecular weight excluding hydrogens is 376 g/mol. The molecule has 1 unspecified atom stereocenters. The summed E-state index contributed by atoms with van der Waals surface area (Å²) in [6.07, 6.45) is 0.226. The van der Waals surface area contributed by atoms with Crippen LogP contribution in [0.1, 0.15) is 23.8 Å². The van der Waals surface area contributed by atoms with Crippen LogP contribution >= 0.6 is 11.6 Å². The van der Waals surface area contributed by atoms with Crippen molar-refractivity contribution in [1.29, 1.82) is 0 Å². The summed E-state index contributed by atoms with van der Waals surface area (Å²) in [5.74, 6) is -0.549. The number of nitrogens with zero attached hydrogens (tertiary/aromatic N) is 3. The summed E-state index contributed by atoms with van der Waals surface area (Å²) >= 11 is 6.04. The first-order valence-corrected chi connectivity index (χ1v) is 8.68. The van der Waals surface area contributed by atoms with Crippen LogP contribution in [0.4, 0.5) is 8.78 Å². The predicted molar refractivity (Wildman–Crippen MR) is 93.9 cm³/mol. The van der Waals surface area contributed by atoms with Crippen LogP contribution in [0.2, 0.25) is 5.02 Å². The average molecular weight is 390 g/mol. The van der Waals surface area contributed by atoms with Crippen LogP contribution in [-0.4, -0.2) is 27.5 Å². The van der Waals surface area contributed by atoms with Gasteiger partial charge in [0.2, 0.25) is 17.6 Å². The van der Waals surface area contributed by atoms with Gasteiger partial charge in [0.25, 0.3) is 0 Å². The Morgan fingerprint density at radius 2 is 2.00 bits per heavy atom. The van der Waals surface area contributed by atoms with Crippen molar-refractivity contribution >= 4 is 17.5 Å². The van der Waals surface area contributed by atoms with E-state index in [-0.39, 0.29) is 35.6 Å². The summed E-state index contributed by atoms with van der Waals surface area (Å²) < 4.78 is 31.8. The van der Waals surface area contributed by atoms with Crippen molar-refractivity contribution in [3.8, 4) is 11.4 Å². The highest BCUT2D eigenvalue weighted by Gasteiger charge is 2.34. The van der Waals surface area contributed by atoms with E-state index < -0.39 is 11.6 Å². The third kappa shape index (κ3) is 3.68. The molecule has 1 saturated heterocycles. The van der Waals surface area contributed by atoms with Crippen molar-refractivity contribution < 1.29 is 18.1 Å². The Hall–Kier alpha value is -2.80. The van der Waals surface area contributed by atoms with E-state index in [2.05, 4.69) is 10.1 Å². The summed E-state index contributed by atoms with van der Waals surface area (Å²) in [6.45, 7) is 0.663. The van der Waals surface area contributed by atoms with E-state index >= 15 is 0 Å². The van der Waals surface area contributed by atoms with Gasteiger partial charge in [0.05, 0.1) is 5.92 Å². The summed E-state index contributed by atoms with van der Waals surface area (Å²) in [4.78, 5) is 18.3. The van der Waals surface area contributed by atoms with Crippen molar-refractivity contribution in [1.82, 2.24) is 15.0 Å². The Balaban J connectivity index is 1.49. The third-order valence-corrected chi connectivity index (χ3v) is 4.82. The van der Waals surface area contributed by atoms with Crippen LogP contribution in [0.25, 0.3) is 11.4 Å². The number of rotatable bonds is 4. The molecule has 5 nitrogen and oxygen atoms in total. The number of carbonyl (C=O) groups is 1. The Kier molecular flexibility index (Phi) is 4.61. The molecule has 0 spiro atoms. The number of amides is 1. The SMILES string of the molecule is O=C1CC(c2nc(-c3cccc(F)c3)no2)CN1Cc1ccc(F)cc1Cl. The molecule has 1 aliphatic rings. The molecule has 2 heterocycles. The maximum Gasteiger partial charge on any atom is 0.232 e. The lowest BCUT2D eigenvalue weighted by atomic mass is 10.1. The minimum absolute atomic E-state index is 0.0779. The summed E-state index contributed by atoms with van der Waals surface area (Å²) in [5, 5.41) is 4.16. The molecule has 0 aliphatic carbocycles. The molecule has 0 radical (unpaired) electrons. The highest BCUT2D eigenvalue weighted by molar-refractivity contribution is 6.31. The second kappa shape index (κ2) is 7.08. The number of halogens is 3. The number of carbonyl (C=O) groups excluding carboxylic acids is 1. The molecule has 138 valence electrons. The van der Waals surface area contributed by atoms with Crippen molar-refractivity contribution in [3.05, 3.63) is 70.6 Å². The smallest absolute Gasteiger partial charge is 0.232 e. The average Bonchev–Trinajstić information content (AvgIpc) is 3.25. The van der Waals surface area contributed by atoms with E-state index in [0.717, 1.165) is 0 Å². The lowest BCUT2D eigenvalue weighted by Crippen LogP contribution is -2.24. The maximum absolute atomic E-state index is 13.4. The minimum atomic E-state index is -0.426. The van der Waals surface area contributed by atoms with Crippen LogP contribution in [0, 0.1) is 11.6 Å². The Morgan fingerprint density at radius 3 is 2.78 bits per heavy atom. The van der Waals surface area contributed by atoms with E-state index in [1.165, 1.54) is 24.3 Å².